The van der Waals surface area contributed by atoms with Crippen LogP contribution in [0.4, 0.5) is 5.69 Å². The summed E-state index contributed by atoms with van der Waals surface area (Å²) >= 11 is 5.98. The van der Waals surface area contributed by atoms with Gasteiger partial charge in [0.15, 0.2) is 0 Å². The Balaban J connectivity index is 2.34. The third-order valence-corrected chi connectivity index (χ3v) is 2.94. The molecule has 0 spiro atoms. The average Bonchev–Trinajstić information content (AvgIpc) is 2.35. The largest absolute Gasteiger partial charge is 0.385 e. The summed E-state index contributed by atoms with van der Waals surface area (Å²) in [5.74, 6) is -0.0715. The first-order chi connectivity index (χ1) is 8.65. The number of amides is 1. The lowest BCUT2D eigenvalue weighted by Gasteiger charge is -2.10. The number of ether oxygens (including phenoxy) is 1. The van der Waals surface area contributed by atoms with Gasteiger partial charge in [0.05, 0.1) is 6.54 Å². The average molecular weight is 271 g/mol. The van der Waals surface area contributed by atoms with Crippen LogP contribution >= 0.6 is 11.6 Å². The number of carbonyl (C=O) groups excluding carboxylic acids is 1. The number of hydrogen-bond acceptors (Lipinski definition) is 3. The van der Waals surface area contributed by atoms with Crippen molar-refractivity contribution in [2.75, 3.05) is 32.1 Å². The van der Waals surface area contributed by atoms with Crippen molar-refractivity contribution in [3.05, 3.63) is 28.8 Å². The van der Waals surface area contributed by atoms with Gasteiger partial charge in [0.1, 0.15) is 0 Å². The zero-order chi connectivity index (χ0) is 13.4. The summed E-state index contributed by atoms with van der Waals surface area (Å²) in [6.45, 7) is 3.62. The smallest absolute Gasteiger partial charge is 0.238 e. The molecule has 0 saturated heterocycles. The van der Waals surface area contributed by atoms with Crippen LogP contribution in [0.3, 0.4) is 0 Å². The Morgan fingerprint density at radius 2 is 2.22 bits per heavy atom. The maximum Gasteiger partial charge on any atom is 0.238 e. The number of rotatable bonds is 7. The lowest BCUT2D eigenvalue weighted by molar-refractivity contribution is -0.115. The van der Waals surface area contributed by atoms with Crippen molar-refractivity contribution in [3.8, 4) is 0 Å². The Hall–Kier alpha value is -1.10. The van der Waals surface area contributed by atoms with E-state index in [0.29, 0.717) is 11.6 Å². The van der Waals surface area contributed by atoms with E-state index in [2.05, 4.69) is 10.6 Å². The number of halogens is 1. The summed E-state index contributed by atoms with van der Waals surface area (Å²) in [4.78, 5) is 11.7. The summed E-state index contributed by atoms with van der Waals surface area (Å²) in [6, 6.07) is 5.45. The molecule has 0 atom stereocenters. The predicted octanol–water partition coefficient (Wildman–Crippen LogP) is 2.21. The molecule has 1 amide bonds. The Morgan fingerprint density at radius 3 is 2.94 bits per heavy atom. The molecule has 0 aliphatic heterocycles. The van der Waals surface area contributed by atoms with Crippen molar-refractivity contribution in [2.45, 2.75) is 13.3 Å². The second-order valence-corrected chi connectivity index (χ2v) is 4.39. The van der Waals surface area contributed by atoms with Gasteiger partial charge < -0.3 is 15.4 Å². The van der Waals surface area contributed by atoms with E-state index < -0.39 is 0 Å². The standard InChI is InChI=1S/C13H19ClN2O2/c1-10-11(14)5-3-6-12(10)16-13(17)9-15-7-4-8-18-2/h3,5-6,15H,4,7-9H2,1-2H3,(H,16,17). The molecule has 1 aromatic carbocycles. The lowest BCUT2D eigenvalue weighted by Crippen LogP contribution is -2.29. The van der Waals surface area contributed by atoms with E-state index in [4.69, 9.17) is 16.3 Å². The van der Waals surface area contributed by atoms with Crippen molar-refractivity contribution in [1.29, 1.82) is 0 Å². The summed E-state index contributed by atoms with van der Waals surface area (Å²) in [6.07, 6.45) is 0.889. The van der Waals surface area contributed by atoms with Crippen LogP contribution in [0.1, 0.15) is 12.0 Å². The van der Waals surface area contributed by atoms with E-state index >= 15 is 0 Å². The molecule has 1 rings (SSSR count). The van der Waals surface area contributed by atoms with E-state index in [-0.39, 0.29) is 12.5 Å². The Morgan fingerprint density at radius 1 is 1.44 bits per heavy atom. The van der Waals surface area contributed by atoms with Crippen molar-refractivity contribution in [3.63, 3.8) is 0 Å². The normalized spacial score (nSPS) is 10.4. The zero-order valence-corrected chi connectivity index (χ0v) is 11.5. The van der Waals surface area contributed by atoms with Crippen LogP contribution in [0.2, 0.25) is 5.02 Å². The monoisotopic (exact) mass is 270 g/mol. The number of nitrogens with one attached hydrogen (secondary N) is 2. The van der Waals surface area contributed by atoms with Crippen LogP contribution in [-0.2, 0) is 9.53 Å². The van der Waals surface area contributed by atoms with Crippen LogP contribution in [0, 0.1) is 6.92 Å². The highest BCUT2D eigenvalue weighted by molar-refractivity contribution is 6.31. The van der Waals surface area contributed by atoms with Gasteiger partial charge in [-0.05, 0) is 37.6 Å². The Bertz CT molecular complexity index is 397. The number of methoxy groups -OCH3 is 1. The van der Waals surface area contributed by atoms with Gasteiger partial charge in [-0.25, -0.2) is 0 Å². The molecule has 5 heteroatoms. The third-order valence-electron chi connectivity index (χ3n) is 2.53. The van der Waals surface area contributed by atoms with E-state index in [1.165, 1.54) is 0 Å². The number of benzene rings is 1. The lowest BCUT2D eigenvalue weighted by atomic mass is 10.2. The Kier molecular flexibility index (Phi) is 6.72. The minimum Gasteiger partial charge on any atom is -0.385 e. The molecule has 18 heavy (non-hydrogen) atoms. The molecule has 0 saturated carbocycles. The van der Waals surface area contributed by atoms with E-state index in [1.807, 2.05) is 19.1 Å². The molecule has 0 aliphatic rings. The van der Waals surface area contributed by atoms with Crippen molar-refractivity contribution in [2.24, 2.45) is 0 Å². The minimum absolute atomic E-state index is 0.0715. The molecular weight excluding hydrogens is 252 g/mol. The molecule has 0 bridgehead atoms. The molecule has 4 nitrogen and oxygen atoms in total. The highest BCUT2D eigenvalue weighted by Gasteiger charge is 2.05. The second-order valence-electron chi connectivity index (χ2n) is 3.98. The van der Waals surface area contributed by atoms with Gasteiger partial charge in [0.25, 0.3) is 0 Å². The first-order valence-electron chi connectivity index (χ1n) is 5.89. The summed E-state index contributed by atoms with van der Waals surface area (Å²) in [7, 11) is 1.66. The second kappa shape index (κ2) is 8.08. The van der Waals surface area contributed by atoms with E-state index in [0.717, 1.165) is 24.2 Å². The molecule has 0 unspecified atom stereocenters. The maximum absolute atomic E-state index is 11.7. The molecule has 0 heterocycles. The van der Waals surface area contributed by atoms with Gasteiger partial charge in [-0.15, -0.1) is 0 Å². The van der Waals surface area contributed by atoms with Gasteiger partial charge in [0.2, 0.25) is 5.91 Å². The fourth-order valence-electron chi connectivity index (χ4n) is 1.48. The first kappa shape index (κ1) is 15.0. The zero-order valence-electron chi connectivity index (χ0n) is 10.8. The van der Waals surface area contributed by atoms with Crippen LogP contribution < -0.4 is 10.6 Å². The summed E-state index contributed by atoms with van der Waals surface area (Å²) in [5, 5.41) is 6.53. The molecule has 1 aromatic rings. The molecule has 0 radical (unpaired) electrons. The van der Waals surface area contributed by atoms with E-state index in [9.17, 15) is 4.79 Å². The van der Waals surface area contributed by atoms with Gasteiger partial charge in [-0.3, -0.25) is 4.79 Å². The van der Waals surface area contributed by atoms with Crippen molar-refractivity contribution >= 4 is 23.2 Å². The third kappa shape index (κ3) is 5.04. The van der Waals surface area contributed by atoms with Gasteiger partial charge in [-0.2, -0.15) is 0 Å². The first-order valence-corrected chi connectivity index (χ1v) is 6.27. The fraction of sp³-hybridized carbons (Fsp3) is 0.462. The molecule has 0 aromatic heterocycles. The molecule has 100 valence electrons. The number of anilines is 1. The van der Waals surface area contributed by atoms with E-state index in [1.54, 1.807) is 13.2 Å². The quantitative estimate of drug-likeness (QED) is 0.747. The van der Waals surface area contributed by atoms with Crippen molar-refractivity contribution in [1.82, 2.24) is 5.32 Å². The highest BCUT2D eigenvalue weighted by Crippen LogP contribution is 2.22. The molecule has 2 N–H and O–H groups in total. The van der Waals surface area contributed by atoms with Gasteiger partial charge in [0, 0.05) is 24.4 Å². The van der Waals surface area contributed by atoms with Gasteiger partial charge in [-0.1, -0.05) is 17.7 Å². The van der Waals surface area contributed by atoms with Crippen LogP contribution in [0.25, 0.3) is 0 Å². The van der Waals surface area contributed by atoms with Gasteiger partial charge >= 0.3 is 0 Å². The Labute approximate surface area is 113 Å². The predicted molar refractivity (Wildman–Crippen MR) is 74.2 cm³/mol. The number of hydrogen-bond donors (Lipinski definition) is 2. The molecular formula is C13H19ClN2O2. The minimum atomic E-state index is -0.0715. The fourth-order valence-corrected chi connectivity index (χ4v) is 1.66. The summed E-state index contributed by atoms with van der Waals surface area (Å²) in [5.41, 5.74) is 1.64. The van der Waals surface area contributed by atoms with Crippen molar-refractivity contribution < 1.29 is 9.53 Å². The topological polar surface area (TPSA) is 50.4 Å². The molecule has 0 aliphatic carbocycles. The van der Waals surface area contributed by atoms with Crippen LogP contribution in [0.15, 0.2) is 18.2 Å². The maximum atomic E-state index is 11.7. The summed E-state index contributed by atoms with van der Waals surface area (Å²) < 4.78 is 4.92. The highest BCUT2D eigenvalue weighted by atomic mass is 35.5. The molecule has 0 fully saturated rings. The van der Waals surface area contributed by atoms with Crippen LogP contribution in [-0.4, -0.2) is 32.7 Å². The SMILES string of the molecule is COCCCNCC(=O)Nc1cccc(Cl)c1C. The number of carbonyl (C=O) groups is 1. The van der Waals surface area contributed by atoms with Crippen LogP contribution in [0.5, 0.6) is 0 Å².